The predicted molar refractivity (Wildman–Crippen MR) is 145 cm³/mol. The van der Waals surface area contributed by atoms with E-state index in [1.807, 2.05) is 61.5 Å². The third-order valence-corrected chi connectivity index (χ3v) is 6.52. The minimum absolute atomic E-state index is 0.101. The molecule has 0 radical (unpaired) electrons. The SMILES string of the molecule is CCC[C@@H](NC(=O)c1ccc(-c2c(F)cccc2-c2nc3ccccc3[nH]2)c(C(=O)O)c1)c1ccccc1. The van der Waals surface area contributed by atoms with E-state index in [2.05, 4.69) is 15.3 Å². The van der Waals surface area contributed by atoms with Crippen molar-refractivity contribution in [2.24, 2.45) is 0 Å². The molecule has 3 N–H and O–H groups in total. The van der Waals surface area contributed by atoms with Crippen LogP contribution in [0.1, 0.15) is 52.1 Å². The van der Waals surface area contributed by atoms with Crippen LogP contribution in [-0.4, -0.2) is 27.0 Å². The fraction of sp³-hybridized carbons (Fsp3) is 0.129. The second kappa shape index (κ2) is 10.7. The minimum atomic E-state index is -1.26. The van der Waals surface area contributed by atoms with Gasteiger partial charge in [0.2, 0.25) is 0 Å². The Morgan fingerprint density at radius 1 is 0.947 bits per heavy atom. The number of carbonyl (C=O) groups is 2. The zero-order valence-corrected chi connectivity index (χ0v) is 20.7. The number of rotatable bonds is 8. The van der Waals surface area contributed by atoms with Crippen molar-refractivity contribution in [3.8, 4) is 22.5 Å². The molecular formula is C31H26FN3O3. The number of aromatic nitrogens is 2. The number of nitrogens with one attached hydrogen (secondary N) is 2. The highest BCUT2D eigenvalue weighted by Crippen LogP contribution is 2.36. The van der Waals surface area contributed by atoms with E-state index in [1.165, 1.54) is 24.3 Å². The molecule has 6 nitrogen and oxygen atoms in total. The summed E-state index contributed by atoms with van der Waals surface area (Å²) in [5, 5.41) is 13.1. The third-order valence-electron chi connectivity index (χ3n) is 6.52. The van der Waals surface area contributed by atoms with Crippen LogP contribution in [0, 0.1) is 5.82 Å². The number of H-pyrrole nitrogens is 1. The molecule has 0 saturated carbocycles. The van der Waals surface area contributed by atoms with Gasteiger partial charge in [0.1, 0.15) is 11.6 Å². The zero-order valence-electron chi connectivity index (χ0n) is 20.7. The average Bonchev–Trinajstić information content (AvgIpc) is 3.37. The topological polar surface area (TPSA) is 95.1 Å². The Balaban J connectivity index is 1.55. The van der Waals surface area contributed by atoms with Gasteiger partial charge in [-0.3, -0.25) is 4.79 Å². The molecule has 5 aromatic rings. The molecule has 1 atom stereocenters. The van der Waals surface area contributed by atoms with Crippen molar-refractivity contribution in [3.05, 3.63) is 114 Å². The summed E-state index contributed by atoms with van der Waals surface area (Å²) in [6, 6.07) is 25.7. The van der Waals surface area contributed by atoms with Crippen molar-refractivity contribution in [2.75, 3.05) is 0 Å². The van der Waals surface area contributed by atoms with Gasteiger partial charge in [-0.05, 0) is 47.9 Å². The molecule has 0 fully saturated rings. The Kier molecular flexibility index (Phi) is 7.00. The lowest BCUT2D eigenvalue weighted by atomic mass is 9.92. The van der Waals surface area contributed by atoms with Crippen molar-refractivity contribution in [2.45, 2.75) is 25.8 Å². The first-order valence-corrected chi connectivity index (χ1v) is 12.4. The van der Waals surface area contributed by atoms with Crippen LogP contribution in [-0.2, 0) is 0 Å². The fourth-order valence-electron chi connectivity index (χ4n) is 4.69. The highest BCUT2D eigenvalue weighted by atomic mass is 19.1. The number of benzene rings is 4. The van der Waals surface area contributed by atoms with E-state index in [0.29, 0.717) is 16.9 Å². The van der Waals surface area contributed by atoms with Crippen molar-refractivity contribution in [1.29, 1.82) is 0 Å². The number of carboxylic acids is 1. The third kappa shape index (κ3) is 4.91. The first-order valence-electron chi connectivity index (χ1n) is 12.4. The second-order valence-electron chi connectivity index (χ2n) is 9.06. The van der Waals surface area contributed by atoms with E-state index in [4.69, 9.17) is 0 Å². The molecule has 0 aliphatic heterocycles. The number of nitrogens with zero attached hydrogens (tertiary/aromatic N) is 1. The maximum absolute atomic E-state index is 15.3. The van der Waals surface area contributed by atoms with E-state index in [-0.39, 0.29) is 28.3 Å². The number of carboxylic acid groups (broad SMARTS) is 1. The molecule has 0 spiro atoms. The van der Waals surface area contributed by atoms with E-state index in [1.54, 1.807) is 12.1 Å². The molecule has 0 saturated heterocycles. The Labute approximate surface area is 219 Å². The molecule has 190 valence electrons. The van der Waals surface area contributed by atoms with E-state index in [9.17, 15) is 14.7 Å². The largest absolute Gasteiger partial charge is 0.478 e. The van der Waals surface area contributed by atoms with Gasteiger partial charge in [0, 0.05) is 16.7 Å². The van der Waals surface area contributed by atoms with Crippen LogP contribution in [0.2, 0.25) is 0 Å². The number of hydrogen-bond donors (Lipinski definition) is 3. The van der Waals surface area contributed by atoms with Gasteiger partial charge >= 0.3 is 5.97 Å². The van der Waals surface area contributed by atoms with Gasteiger partial charge in [-0.2, -0.15) is 0 Å². The summed E-state index contributed by atoms with van der Waals surface area (Å²) in [6.07, 6.45) is 1.59. The lowest BCUT2D eigenvalue weighted by Crippen LogP contribution is -2.28. The Morgan fingerprint density at radius 2 is 1.71 bits per heavy atom. The molecule has 5 rings (SSSR count). The zero-order chi connectivity index (χ0) is 26.6. The summed E-state index contributed by atoms with van der Waals surface area (Å²) in [5.74, 6) is -1.83. The Morgan fingerprint density at radius 3 is 2.45 bits per heavy atom. The van der Waals surface area contributed by atoms with Crippen molar-refractivity contribution in [1.82, 2.24) is 15.3 Å². The molecule has 0 bridgehead atoms. The van der Waals surface area contributed by atoms with Gasteiger partial charge in [0.15, 0.2) is 0 Å². The van der Waals surface area contributed by atoms with Crippen LogP contribution in [0.5, 0.6) is 0 Å². The maximum Gasteiger partial charge on any atom is 0.336 e. The first kappa shape index (κ1) is 24.9. The summed E-state index contributed by atoms with van der Waals surface area (Å²) in [6.45, 7) is 2.04. The molecule has 0 aliphatic carbocycles. The minimum Gasteiger partial charge on any atom is -0.478 e. The summed E-state index contributed by atoms with van der Waals surface area (Å²) >= 11 is 0. The normalized spacial score (nSPS) is 11.8. The van der Waals surface area contributed by atoms with Gasteiger partial charge in [-0.1, -0.05) is 74.0 Å². The lowest BCUT2D eigenvalue weighted by Gasteiger charge is -2.19. The van der Waals surface area contributed by atoms with Crippen molar-refractivity contribution in [3.63, 3.8) is 0 Å². The number of imidazole rings is 1. The second-order valence-corrected chi connectivity index (χ2v) is 9.06. The number of fused-ring (bicyclic) bond motifs is 1. The van der Waals surface area contributed by atoms with E-state index < -0.39 is 17.7 Å². The maximum atomic E-state index is 15.3. The molecule has 7 heteroatoms. The van der Waals surface area contributed by atoms with Crippen LogP contribution in [0.25, 0.3) is 33.5 Å². The number of carbonyl (C=O) groups excluding carboxylic acids is 1. The Bertz CT molecular complexity index is 1600. The standard InChI is InChI=1S/C31H26FN3O3/c1-2-9-25(19-10-4-3-5-11-19)35-30(36)20-16-17-21(23(18-20)31(37)38)28-22(12-8-13-24(28)32)29-33-26-14-6-7-15-27(26)34-29/h3-8,10-18,25H,2,9H2,1H3,(H,33,34)(H,35,36)(H,37,38)/t25-/m1/s1. The first-order chi connectivity index (χ1) is 18.5. The van der Waals surface area contributed by atoms with Gasteiger partial charge in [-0.25, -0.2) is 14.2 Å². The number of halogens is 1. The van der Waals surface area contributed by atoms with Crippen LogP contribution < -0.4 is 5.32 Å². The molecule has 1 aromatic heterocycles. The highest BCUT2D eigenvalue weighted by Gasteiger charge is 2.23. The monoisotopic (exact) mass is 507 g/mol. The van der Waals surface area contributed by atoms with E-state index in [0.717, 1.165) is 23.9 Å². The van der Waals surface area contributed by atoms with Gasteiger partial charge in [0.05, 0.1) is 22.6 Å². The van der Waals surface area contributed by atoms with Crippen LogP contribution in [0.4, 0.5) is 4.39 Å². The number of aromatic carboxylic acids is 1. The van der Waals surface area contributed by atoms with Crippen molar-refractivity contribution >= 4 is 22.9 Å². The number of para-hydroxylation sites is 2. The molecule has 0 unspecified atom stereocenters. The fourth-order valence-corrected chi connectivity index (χ4v) is 4.69. The van der Waals surface area contributed by atoms with Crippen LogP contribution in [0.15, 0.2) is 91.0 Å². The van der Waals surface area contributed by atoms with Gasteiger partial charge in [-0.15, -0.1) is 0 Å². The molecule has 0 aliphatic rings. The van der Waals surface area contributed by atoms with Crippen molar-refractivity contribution < 1.29 is 19.1 Å². The average molecular weight is 508 g/mol. The quantitative estimate of drug-likeness (QED) is 0.211. The van der Waals surface area contributed by atoms with Gasteiger partial charge < -0.3 is 15.4 Å². The summed E-state index contributed by atoms with van der Waals surface area (Å²) in [7, 11) is 0. The smallest absolute Gasteiger partial charge is 0.336 e. The van der Waals surface area contributed by atoms with Gasteiger partial charge in [0.25, 0.3) is 5.91 Å². The number of amides is 1. The molecule has 4 aromatic carbocycles. The van der Waals surface area contributed by atoms with E-state index >= 15 is 4.39 Å². The molecular weight excluding hydrogens is 481 g/mol. The molecule has 38 heavy (non-hydrogen) atoms. The van der Waals surface area contributed by atoms with Crippen LogP contribution in [0.3, 0.4) is 0 Å². The summed E-state index contributed by atoms with van der Waals surface area (Å²) in [4.78, 5) is 33.3. The molecule has 1 amide bonds. The predicted octanol–water partition coefficient (Wildman–Crippen LogP) is 7.01. The lowest BCUT2D eigenvalue weighted by molar-refractivity contribution is 0.0697. The number of aromatic amines is 1. The summed E-state index contributed by atoms with van der Waals surface area (Å²) in [5.41, 5.74) is 3.16. The highest BCUT2D eigenvalue weighted by molar-refractivity contribution is 6.03. The summed E-state index contributed by atoms with van der Waals surface area (Å²) < 4.78 is 15.3. The Hall–Kier alpha value is -4.78. The number of hydrogen-bond acceptors (Lipinski definition) is 3. The van der Waals surface area contributed by atoms with Crippen LogP contribution >= 0.6 is 0 Å². The molecule has 1 heterocycles.